The van der Waals surface area contributed by atoms with Crippen LogP contribution < -0.4 is 10.6 Å². The van der Waals surface area contributed by atoms with Crippen LogP contribution in [0.2, 0.25) is 5.02 Å². The van der Waals surface area contributed by atoms with Crippen molar-refractivity contribution in [2.45, 2.75) is 26.8 Å². The average Bonchev–Trinajstić information content (AvgIpc) is 2.51. The summed E-state index contributed by atoms with van der Waals surface area (Å²) in [6, 6.07) is 6.24. The van der Waals surface area contributed by atoms with E-state index in [0.717, 1.165) is 0 Å². The van der Waals surface area contributed by atoms with Gasteiger partial charge in [-0.05, 0) is 37.1 Å². The first-order chi connectivity index (χ1) is 10.8. The highest BCUT2D eigenvalue weighted by Crippen LogP contribution is 2.09. The molecular weight excluding hydrogens is 320 g/mol. The topological polar surface area (TPSA) is 84.5 Å². The maximum Gasteiger partial charge on any atom is 0.325 e. The molecule has 0 spiro atoms. The molecule has 6 nitrogen and oxygen atoms in total. The van der Waals surface area contributed by atoms with E-state index in [9.17, 15) is 14.4 Å². The van der Waals surface area contributed by atoms with Crippen molar-refractivity contribution in [2.24, 2.45) is 5.92 Å². The molecule has 0 radical (unpaired) electrons. The maximum absolute atomic E-state index is 11.8. The Morgan fingerprint density at radius 1 is 1.13 bits per heavy atom. The molecule has 1 rings (SSSR count). The highest BCUT2D eigenvalue weighted by atomic mass is 35.5. The third kappa shape index (κ3) is 7.15. The summed E-state index contributed by atoms with van der Waals surface area (Å²) < 4.78 is 4.80. The van der Waals surface area contributed by atoms with E-state index in [1.165, 1.54) is 0 Å². The lowest BCUT2D eigenvalue weighted by Gasteiger charge is -2.17. The molecule has 0 aliphatic heterocycles. The second-order valence-electron chi connectivity index (χ2n) is 5.45. The molecule has 0 saturated carbocycles. The van der Waals surface area contributed by atoms with Gasteiger partial charge < -0.3 is 15.4 Å². The molecule has 126 valence electrons. The van der Waals surface area contributed by atoms with Crippen LogP contribution >= 0.6 is 11.6 Å². The van der Waals surface area contributed by atoms with Gasteiger partial charge in [0.25, 0.3) is 11.8 Å². The van der Waals surface area contributed by atoms with Gasteiger partial charge in [0, 0.05) is 16.6 Å². The van der Waals surface area contributed by atoms with Gasteiger partial charge in [-0.2, -0.15) is 0 Å². The van der Waals surface area contributed by atoms with E-state index in [0.29, 0.717) is 10.6 Å². The van der Waals surface area contributed by atoms with Gasteiger partial charge in [-0.3, -0.25) is 14.4 Å². The molecule has 0 fully saturated rings. The SMILES string of the molecule is CC(C)[C@H](C)NC(=O)COC(=O)CNC(=O)c1ccc(Cl)cc1. The number of halogens is 1. The number of nitrogens with one attached hydrogen (secondary N) is 2. The van der Waals surface area contributed by atoms with Gasteiger partial charge in [-0.15, -0.1) is 0 Å². The van der Waals surface area contributed by atoms with Crippen LogP contribution in [0.15, 0.2) is 24.3 Å². The third-order valence-corrected chi connectivity index (χ3v) is 3.50. The van der Waals surface area contributed by atoms with Crippen molar-refractivity contribution >= 4 is 29.4 Å². The van der Waals surface area contributed by atoms with Gasteiger partial charge in [-0.1, -0.05) is 25.4 Å². The van der Waals surface area contributed by atoms with E-state index < -0.39 is 11.9 Å². The molecule has 0 aromatic heterocycles. The van der Waals surface area contributed by atoms with Gasteiger partial charge in [0.2, 0.25) is 0 Å². The second-order valence-corrected chi connectivity index (χ2v) is 5.89. The zero-order valence-electron chi connectivity index (χ0n) is 13.4. The fraction of sp³-hybridized carbons (Fsp3) is 0.438. The summed E-state index contributed by atoms with van der Waals surface area (Å²) in [7, 11) is 0. The Morgan fingerprint density at radius 3 is 2.30 bits per heavy atom. The first kappa shape index (κ1) is 19.0. The van der Waals surface area contributed by atoms with Crippen molar-refractivity contribution in [2.75, 3.05) is 13.2 Å². The lowest BCUT2D eigenvalue weighted by Crippen LogP contribution is -2.39. The minimum Gasteiger partial charge on any atom is -0.454 e. The Hall–Kier alpha value is -2.08. The summed E-state index contributed by atoms with van der Waals surface area (Å²) in [6.45, 7) is 5.14. The molecule has 1 aromatic carbocycles. The fourth-order valence-corrected chi connectivity index (χ4v) is 1.64. The van der Waals surface area contributed by atoms with Crippen LogP contribution in [0.1, 0.15) is 31.1 Å². The van der Waals surface area contributed by atoms with Crippen LogP contribution in [0.4, 0.5) is 0 Å². The number of carbonyl (C=O) groups is 3. The minimum atomic E-state index is -0.681. The predicted octanol–water partition coefficient (Wildman–Crippen LogP) is 1.77. The number of esters is 1. The number of amides is 2. The van der Waals surface area contributed by atoms with Crippen LogP contribution in [0.3, 0.4) is 0 Å². The minimum absolute atomic E-state index is 0.00851. The molecule has 0 bridgehead atoms. The molecule has 0 unspecified atom stereocenters. The van der Waals surface area contributed by atoms with Crippen LogP contribution in [0.25, 0.3) is 0 Å². The standard InChI is InChI=1S/C16H21ClN2O4/c1-10(2)11(3)19-14(20)9-23-15(21)8-18-16(22)12-4-6-13(17)7-5-12/h4-7,10-11H,8-9H2,1-3H3,(H,18,22)(H,19,20)/t11-/m0/s1. The number of rotatable bonds is 7. The number of carbonyl (C=O) groups excluding carboxylic acids is 3. The van der Waals surface area contributed by atoms with E-state index in [2.05, 4.69) is 10.6 Å². The van der Waals surface area contributed by atoms with E-state index >= 15 is 0 Å². The third-order valence-electron chi connectivity index (χ3n) is 3.25. The highest BCUT2D eigenvalue weighted by Gasteiger charge is 2.13. The lowest BCUT2D eigenvalue weighted by atomic mass is 10.1. The zero-order chi connectivity index (χ0) is 17.4. The molecule has 2 amide bonds. The molecular formula is C16H21ClN2O4. The number of ether oxygens (including phenoxy) is 1. The van der Waals surface area contributed by atoms with Crippen LogP contribution in [-0.2, 0) is 14.3 Å². The van der Waals surface area contributed by atoms with Crippen molar-refractivity contribution in [3.8, 4) is 0 Å². The molecule has 0 aliphatic carbocycles. The van der Waals surface area contributed by atoms with Gasteiger partial charge in [0.1, 0.15) is 6.54 Å². The van der Waals surface area contributed by atoms with Crippen LogP contribution in [-0.4, -0.2) is 37.0 Å². The quantitative estimate of drug-likeness (QED) is 0.741. The summed E-state index contributed by atoms with van der Waals surface area (Å²) in [5.41, 5.74) is 0.380. The van der Waals surface area contributed by atoms with Gasteiger partial charge in [-0.25, -0.2) is 0 Å². The molecule has 23 heavy (non-hydrogen) atoms. The zero-order valence-corrected chi connectivity index (χ0v) is 14.1. The van der Waals surface area contributed by atoms with E-state index in [1.54, 1.807) is 24.3 Å². The Labute approximate surface area is 140 Å². The van der Waals surface area contributed by atoms with E-state index in [1.807, 2.05) is 20.8 Å². The highest BCUT2D eigenvalue weighted by molar-refractivity contribution is 6.30. The Kier molecular flexibility index (Phi) is 7.54. The Bertz CT molecular complexity index is 558. The lowest BCUT2D eigenvalue weighted by molar-refractivity contribution is -0.147. The van der Waals surface area contributed by atoms with Crippen molar-refractivity contribution in [3.63, 3.8) is 0 Å². The predicted molar refractivity (Wildman–Crippen MR) is 87.2 cm³/mol. The van der Waals surface area contributed by atoms with Crippen LogP contribution in [0, 0.1) is 5.92 Å². The maximum atomic E-state index is 11.8. The van der Waals surface area contributed by atoms with E-state index in [4.69, 9.17) is 16.3 Å². The van der Waals surface area contributed by atoms with Crippen molar-refractivity contribution in [1.82, 2.24) is 10.6 Å². The fourth-order valence-electron chi connectivity index (χ4n) is 1.52. The first-order valence-electron chi connectivity index (χ1n) is 7.28. The molecule has 0 saturated heterocycles. The summed E-state index contributed by atoms with van der Waals surface area (Å²) in [5, 5.41) is 5.64. The Balaban J connectivity index is 2.30. The molecule has 0 heterocycles. The molecule has 1 atom stereocenters. The molecule has 1 aromatic rings. The number of hydrogen-bond donors (Lipinski definition) is 2. The molecule has 2 N–H and O–H groups in total. The summed E-state index contributed by atoms with van der Waals surface area (Å²) in [4.78, 5) is 34.9. The van der Waals surface area contributed by atoms with Crippen molar-refractivity contribution in [3.05, 3.63) is 34.9 Å². The molecule has 7 heteroatoms. The van der Waals surface area contributed by atoms with Gasteiger partial charge >= 0.3 is 5.97 Å². The van der Waals surface area contributed by atoms with Crippen molar-refractivity contribution in [1.29, 1.82) is 0 Å². The Morgan fingerprint density at radius 2 is 1.74 bits per heavy atom. The molecule has 0 aliphatic rings. The number of benzene rings is 1. The second kappa shape index (κ2) is 9.15. The van der Waals surface area contributed by atoms with Crippen molar-refractivity contribution < 1.29 is 19.1 Å². The summed E-state index contributed by atoms with van der Waals surface area (Å²) in [6.07, 6.45) is 0. The largest absolute Gasteiger partial charge is 0.454 e. The smallest absolute Gasteiger partial charge is 0.325 e. The summed E-state index contributed by atoms with van der Waals surface area (Å²) >= 11 is 5.73. The average molecular weight is 341 g/mol. The normalized spacial score (nSPS) is 11.7. The van der Waals surface area contributed by atoms with Gasteiger partial charge in [0.05, 0.1) is 0 Å². The number of hydrogen-bond acceptors (Lipinski definition) is 4. The van der Waals surface area contributed by atoms with Crippen LogP contribution in [0.5, 0.6) is 0 Å². The van der Waals surface area contributed by atoms with E-state index in [-0.39, 0.29) is 31.0 Å². The summed E-state index contributed by atoms with van der Waals surface area (Å²) in [5.74, 6) is -1.19. The van der Waals surface area contributed by atoms with Gasteiger partial charge in [0.15, 0.2) is 6.61 Å². The monoisotopic (exact) mass is 340 g/mol. The first-order valence-corrected chi connectivity index (χ1v) is 7.66.